The lowest BCUT2D eigenvalue weighted by molar-refractivity contribution is -0.121. The first-order valence-corrected chi connectivity index (χ1v) is 6.94. The van der Waals surface area contributed by atoms with Gasteiger partial charge in [0.05, 0.1) is 5.54 Å². The van der Waals surface area contributed by atoms with Crippen LogP contribution in [0.25, 0.3) is 0 Å². The molecule has 116 valence electrons. The minimum absolute atomic E-state index is 0.0197. The van der Waals surface area contributed by atoms with Gasteiger partial charge in [-0.1, -0.05) is 19.9 Å². The fourth-order valence-corrected chi connectivity index (χ4v) is 1.83. The number of nitrogens with two attached hydrogens (primary N) is 1. The van der Waals surface area contributed by atoms with Gasteiger partial charge in [0.2, 0.25) is 11.8 Å². The normalized spacial score (nSPS) is 11.0. The Morgan fingerprint density at radius 2 is 1.76 bits per heavy atom. The summed E-state index contributed by atoms with van der Waals surface area (Å²) in [4.78, 5) is 23.6. The second-order valence-corrected chi connectivity index (χ2v) is 4.88. The molecule has 0 aromatic heterocycles. The first kappa shape index (κ1) is 17.1. The average Bonchev–Trinajstić information content (AvgIpc) is 2.46. The number of hydrogen-bond acceptors (Lipinski definition) is 4. The van der Waals surface area contributed by atoms with Gasteiger partial charge in [-0.2, -0.15) is 0 Å². The molecule has 4 N–H and O–H groups in total. The average molecular weight is 293 g/mol. The number of amides is 2. The maximum Gasteiger partial charge on any atom is 0.250 e. The van der Waals surface area contributed by atoms with Gasteiger partial charge in [0.15, 0.2) is 0 Å². The van der Waals surface area contributed by atoms with Crippen molar-refractivity contribution in [3.8, 4) is 0 Å². The Morgan fingerprint density at radius 1 is 1.19 bits per heavy atom. The topological polar surface area (TPSA) is 93.5 Å². The van der Waals surface area contributed by atoms with Gasteiger partial charge in [0.1, 0.15) is 6.61 Å². The van der Waals surface area contributed by atoms with Crippen molar-refractivity contribution in [1.29, 1.82) is 0 Å². The van der Waals surface area contributed by atoms with Crippen LogP contribution in [0.4, 0.5) is 11.4 Å². The van der Waals surface area contributed by atoms with Crippen molar-refractivity contribution in [3.63, 3.8) is 0 Å². The van der Waals surface area contributed by atoms with Crippen LogP contribution >= 0.6 is 0 Å². The third-order valence-corrected chi connectivity index (χ3v) is 3.39. The van der Waals surface area contributed by atoms with Gasteiger partial charge in [-0.3, -0.25) is 9.59 Å². The molecule has 0 atom stereocenters. The molecule has 0 saturated heterocycles. The maximum atomic E-state index is 12.2. The Kier molecular flexibility index (Phi) is 6.33. The van der Waals surface area contributed by atoms with E-state index >= 15 is 0 Å². The highest BCUT2D eigenvalue weighted by atomic mass is 16.5. The van der Waals surface area contributed by atoms with Crippen molar-refractivity contribution in [3.05, 3.63) is 24.3 Å². The van der Waals surface area contributed by atoms with Gasteiger partial charge in [-0.15, -0.1) is 0 Å². The van der Waals surface area contributed by atoms with Crippen LogP contribution in [0.3, 0.4) is 0 Å². The monoisotopic (exact) mass is 293 g/mol. The lowest BCUT2D eigenvalue weighted by Crippen LogP contribution is -2.50. The molecule has 1 rings (SSSR count). The van der Waals surface area contributed by atoms with Gasteiger partial charge in [0.25, 0.3) is 0 Å². The molecule has 0 spiro atoms. The van der Waals surface area contributed by atoms with E-state index in [9.17, 15) is 9.59 Å². The number of anilines is 2. The van der Waals surface area contributed by atoms with E-state index in [2.05, 4.69) is 10.6 Å². The summed E-state index contributed by atoms with van der Waals surface area (Å²) < 4.78 is 4.75. The van der Waals surface area contributed by atoms with Crippen LogP contribution in [0.5, 0.6) is 0 Å². The van der Waals surface area contributed by atoms with Crippen molar-refractivity contribution >= 4 is 23.2 Å². The molecule has 0 aliphatic heterocycles. The van der Waals surface area contributed by atoms with Crippen LogP contribution in [-0.4, -0.2) is 31.1 Å². The fourth-order valence-electron chi connectivity index (χ4n) is 1.83. The number of benzene rings is 1. The number of carbonyl (C=O) groups is 2. The summed E-state index contributed by atoms with van der Waals surface area (Å²) in [6.07, 6.45) is 1.11. The van der Waals surface area contributed by atoms with Crippen LogP contribution in [-0.2, 0) is 14.3 Å². The molecule has 0 fully saturated rings. The molecule has 0 bridgehead atoms. The summed E-state index contributed by atoms with van der Waals surface area (Å²) >= 11 is 0. The van der Waals surface area contributed by atoms with Crippen LogP contribution in [0.15, 0.2) is 24.3 Å². The summed E-state index contributed by atoms with van der Waals surface area (Å²) in [6.45, 7) is 3.74. The van der Waals surface area contributed by atoms with Crippen LogP contribution in [0, 0.1) is 0 Å². The van der Waals surface area contributed by atoms with Crippen molar-refractivity contribution in [1.82, 2.24) is 0 Å². The van der Waals surface area contributed by atoms with Gasteiger partial charge < -0.3 is 21.1 Å². The Morgan fingerprint density at radius 3 is 2.29 bits per heavy atom. The standard InChI is InChI=1S/C15H23N3O3/c1-4-15(16,5-2)14(20)18-12-8-6-7-11(9-12)17-13(19)10-21-3/h6-9H,4-5,10,16H2,1-3H3,(H,17,19)(H,18,20). The molecular weight excluding hydrogens is 270 g/mol. The number of ether oxygens (including phenoxy) is 1. The molecule has 0 radical (unpaired) electrons. The Balaban J connectivity index is 2.77. The number of methoxy groups -OCH3 is 1. The molecular formula is C15H23N3O3. The fraction of sp³-hybridized carbons (Fsp3) is 0.467. The molecule has 0 saturated carbocycles. The van der Waals surface area contributed by atoms with Crippen molar-refractivity contribution in [2.45, 2.75) is 32.2 Å². The van der Waals surface area contributed by atoms with Crippen LogP contribution < -0.4 is 16.4 Å². The molecule has 0 unspecified atom stereocenters. The van der Waals surface area contributed by atoms with Crippen LogP contribution in [0.1, 0.15) is 26.7 Å². The van der Waals surface area contributed by atoms with Crippen molar-refractivity contribution in [2.75, 3.05) is 24.4 Å². The zero-order valence-electron chi connectivity index (χ0n) is 12.7. The zero-order valence-corrected chi connectivity index (χ0v) is 12.7. The third kappa shape index (κ3) is 4.84. The van der Waals surface area contributed by atoms with E-state index in [1.54, 1.807) is 24.3 Å². The van der Waals surface area contributed by atoms with Gasteiger partial charge >= 0.3 is 0 Å². The number of rotatable bonds is 7. The second kappa shape index (κ2) is 7.75. The maximum absolute atomic E-state index is 12.2. The van der Waals surface area contributed by atoms with Crippen molar-refractivity contribution < 1.29 is 14.3 Å². The van der Waals surface area contributed by atoms with E-state index in [0.29, 0.717) is 24.2 Å². The lowest BCUT2D eigenvalue weighted by atomic mass is 9.93. The van der Waals surface area contributed by atoms with E-state index in [0.717, 1.165) is 0 Å². The number of nitrogens with one attached hydrogen (secondary N) is 2. The lowest BCUT2D eigenvalue weighted by Gasteiger charge is -2.25. The van der Waals surface area contributed by atoms with Crippen LogP contribution in [0.2, 0.25) is 0 Å². The predicted molar refractivity (Wildman–Crippen MR) is 83.1 cm³/mol. The number of hydrogen-bond donors (Lipinski definition) is 3. The predicted octanol–water partition coefficient (Wildman–Crippen LogP) is 1.73. The summed E-state index contributed by atoms with van der Waals surface area (Å²) in [5.74, 6) is -0.482. The molecule has 6 heteroatoms. The molecule has 1 aromatic carbocycles. The first-order valence-electron chi connectivity index (χ1n) is 6.94. The Bertz CT molecular complexity index is 499. The van der Waals surface area contributed by atoms with E-state index < -0.39 is 5.54 Å². The first-order chi connectivity index (χ1) is 9.95. The van der Waals surface area contributed by atoms with E-state index in [-0.39, 0.29) is 18.4 Å². The highest BCUT2D eigenvalue weighted by molar-refractivity contribution is 5.99. The molecule has 21 heavy (non-hydrogen) atoms. The van der Waals surface area contributed by atoms with Gasteiger partial charge in [-0.05, 0) is 31.0 Å². The molecule has 0 aliphatic carbocycles. The summed E-state index contributed by atoms with van der Waals surface area (Å²) in [7, 11) is 1.45. The highest BCUT2D eigenvalue weighted by Gasteiger charge is 2.29. The molecule has 2 amide bonds. The highest BCUT2D eigenvalue weighted by Crippen LogP contribution is 2.18. The largest absolute Gasteiger partial charge is 0.375 e. The number of carbonyl (C=O) groups excluding carboxylic acids is 2. The smallest absolute Gasteiger partial charge is 0.250 e. The third-order valence-electron chi connectivity index (χ3n) is 3.39. The molecule has 6 nitrogen and oxygen atoms in total. The zero-order chi connectivity index (χ0) is 15.9. The van der Waals surface area contributed by atoms with E-state index in [1.165, 1.54) is 7.11 Å². The molecule has 0 aliphatic rings. The summed E-state index contributed by atoms with van der Waals surface area (Å²) in [6, 6.07) is 6.90. The summed E-state index contributed by atoms with van der Waals surface area (Å²) in [5, 5.41) is 5.46. The SMILES string of the molecule is CCC(N)(CC)C(=O)Nc1cccc(NC(=O)COC)c1. The minimum Gasteiger partial charge on any atom is -0.375 e. The van der Waals surface area contributed by atoms with Crippen molar-refractivity contribution in [2.24, 2.45) is 5.73 Å². The Labute approximate surface area is 125 Å². The molecule has 0 heterocycles. The molecule has 1 aromatic rings. The van der Waals surface area contributed by atoms with E-state index in [1.807, 2.05) is 13.8 Å². The summed E-state index contributed by atoms with van der Waals surface area (Å²) in [5.41, 5.74) is 6.35. The van der Waals surface area contributed by atoms with E-state index in [4.69, 9.17) is 10.5 Å². The minimum atomic E-state index is -0.880. The van der Waals surface area contributed by atoms with Gasteiger partial charge in [0, 0.05) is 18.5 Å². The second-order valence-electron chi connectivity index (χ2n) is 4.88. The Hall–Kier alpha value is -1.92. The quantitative estimate of drug-likeness (QED) is 0.713. The van der Waals surface area contributed by atoms with Gasteiger partial charge in [-0.25, -0.2) is 0 Å².